The van der Waals surface area contributed by atoms with E-state index in [9.17, 15) is 4.79 Å². The van der Waals surface area contributed by atoms with Crippen molar-refractivity contribution in [1.82, 2.24) is 4.90 Å². The van der Waals surface area contributed by atoms with Crippen LogP contribution in [0.4, 0.5) is 0 Å². The predicted molar refractivity (Wildman–Crippen MR) is 59.5 cm³/mol. The average Bonchev–Trinajstić information content (AvgIpc) is 2.00. The smallest absolute Gasteiger partial charge is 0.222 e. The minimum Gasteiger partial charge on any atom is -0.345 e. The van der Waals surface area contributed by atoms with Gasteiger partial charge >= 0.3 is 0 Å². The number of carbonyl (C=O) groups excluding carboxylic acids is 1. The van der Waals surface area contributed by atoms with Gasteiger partial charge in [-0.3, -0.25) is 4.79 Å². The SMILES string of the molecule is CC(C)CC(=O)N(C)CC1CC(Cl)C1. The highest BCUT2D eigenvalue weighted by molar-refractivity contribution is 6.21. The minimum absolute atomic E-state index is 0.262. The van der Waals surface area contributed by atoms with E-state index in [1.807, 2.05) is 11.9 Å². The Morgan fingerprint density at radius 3 is 2.50 bits per heavy atom. The molecule has 1 rings (SSSR count). The number of alkyl halides is 1. The molecule has 0 spiro atoms. The Labute approximate surface area is 91.6 Å². The van der Waals surface area contributed by atoms with E-state index in [1.165, 1.54) is 0 Å². The fourth-order valence-corrected chi connectivity index (χ4v) is 2.30. The van der Waals surface area contributed by atoms with Gasteiger partial charge in [-0.25, -0.2) is 0 Å². The minimum atomic E-state index is 0.262. The van der Waals surface area contributed by atoms with E-state index >= 15 is 0 Å². The molecule has 1 aliphatic rings. The van der Waals surface area contributed by atoms with Crippen LogP contribution >= 0.6 is 11.6 Å². The molecule has 0 atom stereocenters. The molecule has 0 heterocycles. The number of amides is 1. The number of hydrogen-bond donors (Lipinski definition) is 0. The largest absolute Gasteiger partial charge is 0.345 e. The number of halogens is 1. The second-order valence-corrected chi connectivity index (χ2v) is 5.42. The third kappa shape index (κ3) is 3.49. The molecule has 0 saturated heterocycles. The molecular formula is C11H20ClNO. The Kier molecular flexibility index (Phi) is 4.24. The lowest BCUT2D eigenvalue weighted by Crippen LogP contribution is -2.38. The Hall–Kier alpha value is -0.240. The van der Waals surface area contributed by atoms with Crippen LogP contribution in [0.2, 0.25) is 0 Å². The summed E-state index contributed by atoms with van der Waals surface area (Å²) in [6, 6.07) is 0. The molecule has 0 aromatic carbocycles. The van der Waals surface area contributed by atoms with Crippen LogP contribution in [0.3, 0.4) is 0 Å². The maximum absolute atomic E-state index is 11.6. The van der Waals surface area contributed by atoms with E-state index in [4.69, 9.17) is 11.6 Å². The number of carbonyl (C=O) groups is 1. The molecule has 0 N–H and O–H groups in total. The quantitative estimate of drug-likeness (QED) is 0.663. The third-order valence-electron chi connectivity index (χ3n) is 2.72. The van der Waals surface area contributed by atoms with Gasteiger partial charge in [0.15, 0.2) is 0 Å². The topological polar surface area (TPSA) is 20.3 Å². The van der Waals surface area contributed by atoms with Crippen molar-refractivity contribution >= 4 is 17.5 Å². The Morgan fingerprint density at radius 1 is 1.50 bits per heavy atom. The van der Waals surface area contributed by atoms with E-state index in [0.29, 0.717) is 23.6 Å². The molecule has 1 fully saturated rings. The molecule has 0 bridgehead atoms. The van der Waals surface area contributed by atoms with Gasteiger partial charge in [0.2, 0.25) is 5.91 Å². The highest BCUT2D eigenvalue weighted by Gasteiger charge is 2.29. The van der Waals surface area contributed by atoms with Gasteiger partial charge in [0.1, 0.15) is 0 Å². The molecule has 1 amide bonds. The first-order valence-corrected chi connectivity index (χ1v) is 5.80. The summed E-state index contributed by atoms with van der Waals surface area (Å²) >= 11 is 5.89. The Morgan fingerprint density at radius 2 is 2.07 bits per heavy atom. The lowest BCUT2D eigenvalue weighted by atomic mass is 9.84. The van der Waals surface area contributed by atoms with Crippen molar-refractivity contribution in [2.75, 3.05) is 13.6 Å². The van der Waals surface area contributed by atoms with Crippen molar-refractivity contribution in [2.45, 2.75) is 38.5 Å². The van der Waals surface area contributed by atoms with E-state index in [2.05, 4.69) is 13.8 Å². The number of hydrogen-bond acceptors (Lipinski definition) is 1. The first-order chi connectivity index (χ1) is 6.49. The zero-order valence-electron chi connectivity index (χ0n) is 9.29. The number of nitrogens with zero attached hydrogens (tertiary/aromatic N) is 1. The van der Waals surface area contributed by atoms with Gasteiger partial charge in [-0.05, 0) is 24.7 Å². The van der Waals surface area contributed by atoms with E-state index < -0.39 is 0 Å². The van der Waals surface area contributed by atoms with Gasteiger partial charge in [-0.2, -0.15) is 0 Å². The van der Waals surface area contributed by atoms with E-state index in [1.54, 1.807) is 0 Å². The molecule has 1 saturated carbocycles. The maximum atomic E-state index is 11.6. The second-order valence-electron chi connectivity index (χ2n) is 4.81. The molecule has 0 aromatic rings. The van der Waals surface area contributed by atoms with Crippen LogP contribution < -0.4 is 0 Å². The fraction of sp³-hybridized carbons (Fsp3) is 0.909. The molecule has 2 nitrogen and oxygen atoms in total. The van der Waals surface area contributed by atoms with Crippen LogP contribution in [-0.4, -0.2) is 29.8 Å². The number of rotatable bonds is 4. The molecule has 3 heteroatoms. The summed E-state index contributed by atoms with van der Waals surface area (Å²) in [5.41, 5.74) is 0. The summed E-state index contributed by atoms with van der Waals surface area (Å²) in [5, 5.41) is 0.355. The molecule has 0 aromatic heterocycles. The van der Waals surface area contributed by atoms with Crippen LogP contribution in [-0.2, 0) is 4.79 Å². The first-order valence-electron chi connectivity index (χ1n) is 5.37. The molecule has 14 heavy (non-hydrogen) atoms. The van der Waals surface area contributed by atoms with Crippen LogP contribution in [0.1, 0.15) is 33.1 Å². The second kappa shape index (κ2) is 5.01. The summed E-state index contributed by atoms with van der Waals surface area (Å²) in [4.78, 5) is 13.5. The van der Waals surface area contributed by atoms with Crippen molar-refractivity contribution in [3.63, 3.8) is 0 Å². The van der Waals surface area contributed by atoms with Gasteiger partial charge in [-0.15, -0.1) is 11.6 Å². The molecule has 82 valence electrons. The lowest BCUT2D eigenvalue weighted by molar-refractivity contribution is -0.131. The zero-order chi connectivity index (χ0) is 10.7. The first kappa shape index (κ1) is 11.8. The lowest BCUT2D eigenvalue weighted by Gasteiger charge is -2.34. The summed E-state index contributed by atoms with van der Waals surface area (Å²) in [6.07, 6.45) is 2.80. The van der Waals surface area contributed by atoms with Crippen LogP contribution in [0.15, 0.2) is 0 Å². The summed E-state index contributed by atoms with van der Waals surface area (Å²) in [7, 11) is 1.90. The zero-order valence-corrected chi connectivity index (χ0v) is 10.0. The third-order valence-corrected chi connectivity index (χ3v) is 3.08. The highest BCUT2D eigenvalue weighted by Crippen LogP contribution is 2.32. The van der Waals surface area contributed by atoms with Crippen molar-refractivity contribution in [1.29, 1.82) is 0 Å². The van der Waals surface area contributed by atoms with Crippen LogP contribution in [0, 0.1) is 11.8 Å². The van der Waals surface area contributed by atoms with E-state index in [0.717, 1.165) is 19.4 Å². The predicted octanol–water partition coefficient (Wildman–Crippen LogP) is 2.51. The van der Waals surface area contributed by atoms with Crippen molar-refractivity contribution < 1.29 is 4.79 Å². The molecule has 0 unspecified atom stereocenters. The molecular weight excluding hydrogens is 198 g/mol. The van der Waals surface area contributed by atoms with Crippen LogP contribution in [0.25, 0.3) is 0 Å². The molecule has 0 aliphatic heterocycles. The summed E-state index contributed by atoms with van der Waals surface area (Å²) in [6.45, 7) is 5.03. The van der Waals surface area contributed by atoms with Gasteiger partial charge in [0.25, 0.3) is 0 Å². The van der Waals surface area contributed by atoms with Crippen molar-refractivity contribution in [3.8, 4) is 0 Å². The van der Waals surface area contributed by atoms with Gasteiger partial charge in [-0.1, -0.05) is 13.8 Å². The Bertz CT molecular complexity index is 199. The fourth-order valence-electron chi connectivity index (χ4n) is 1.80. The van der Waals surface area contributed by atoms with E-state index in [-0.39, 0.29) is 5.91 Å². The normalized spacial score (nSPS) is 26.1. The van der Waals surface area contributed by atoms with Crippen molar-refractivity contribution in [3.05, 3.63) is 0 Å². The van der Waals surface area contributed by atoms with Gasteiger partial charge in [0, 0.05) is 25.4 Å². The van der Waals surface area contributed by atoms with Gasteiger partial charge in [0.05, 0.1) is 0 Å². The van der Waals surface area contributed by atoms with Gasteiger partial charge < -0.3 is 4.90 Å². The standard InChI is InChI=1S/C11H20ClNO/c1-8(2)4-11(14)13(3)7-9-5-10(12)6-9/h8-10H,4-7H2,1-3H3. The van der Waals surface area contributed by atoms with Crippen LogP contribution in [0.5, 0.6) is 0 Å². The maximum Gasteiger partial charge on any atom is 0.222 e. The monoisotopic (exact) mass is 217 g/mol. The summed E-state index contributed by atoms with van der Waals surface area (Å²) < 4.78 is 0. The molecule has 1 aliphatic carbocycles. The van der Waals surface area contributed by atoms with Crippen molar-refractivity contribution in [2.24, 2.45) is 11.8 Å². The average molecular weight is 218 g/mol. The summed E-state index contributed by atoms with van der Waals surface area (Å²) in [5.74, 6) is 1.35. The Balaban J connectivity index is 2.20. The highest BCUT2D eigenvalue weighted by atomic mass is 35.5. The molecule has 0 radical (unpaired) electrons.